The molecule has 0 saturated carbocycles. The summed E-state index contributed by atoms with van der Waals surface area (Å²) in [4.78, 5) is 1.23. The first-order valence-corrected chi connectivity index (χ1v) is 7.75. The van der Waals surface area contributed by atoms with E-state index in [0.29, 0.717) is 0 Å². The smallest absolute Gasteiger partial charge is 0.111 e. The number of benzene rings is 1. The molecular formula is C13H17BrN2OS. The van der Waals surface area contributed by atoms with Gasteiger partial charge >= 0.3 is 0 Å². The van der Waals surface area contributed by atoms with E-state index in [2.05, 4.69) is 39.6 Å². The van der Waals surface area contributed by atoms with Crippen molar-refractivity contribution in [1.29, 1.82) is 0 Å². The molecule has 0 amide bonds. The second-order valence-electron chi connectivity index (χ2n) is 4.08. The Bertz CT molecular complexity index is 408. The SMILES string of the molecule is NNC(CSc1ccc(Br)cc1)C1=CCCCO1. The fraction of sp³-hybridized carbons (Fsp3) is 0.385. The summed E-state index contributed by atoms with van der Waals surface area (Å²) in [6.07, 6.45) is 4.31. The van der Waals surface area contributed by atoms with Crippen LogP contribution in [-0.4, -0.2) is 18.4 Å². The van der Waals surface area contributed by atoms with E-state index in [4.69, 9.17) is 10.6 Å². The van der Waals surface area contributed by atoms with Crippen molar-refractivity contribution in [3.63, 3.8) is 0 Å². The van der Waals surface area contributed by atoms with Crippen LogP contribution in [0.25, 0.3) is 0 Å². The zero-order valence-electron chi connectivity index (χ0n) is 10.1. The average molecular weight is 329 g/mol. The van der Waals surface area contributed by atoms with Gasteiger partial charge in [0.1, 0.15) is 5.76 Å². The Balaban J connectivity index is 1.90. The van der Waals surface area contributed by atoms with E-state index in [1.165, 1.54) is 4.90 Å². The van der Waals surface area contributed by atoms with Gasteiger partial charge in [-0.2, -0.15) is 0 Å². The van der Waals surface area contributed by atoms with Gasteiger partial charge in [0.2, 0.25) is 0 Å². The lowest BCUT2D eigenvalue weighted by atomic mass is 10.2. The highest BCUT2D eigenvalue weighted by Gasteiger charge is 2.16. The molecule has 0 aliphatic carbocycles. The molecule has 3 nitrogen and oxygen atoms in total. The van der Waals surface area contributed by atoms with Crippen LogP contribution in [0.2, 0.25) is 0 Å². The first-order valence-electron chi connectivity index (χ1n) is 5.97. The first kappa shape index (κ1) is 13.9. The number of halogens is 1. The molecule has 0 saturated heterocycles. The minimum atomic E-state index is 0.0824. The molecule has 1 aromatic carbocycles. The van der Waals surface area contributed by atoms with E-state index in [0.717, 1.165) is 35.4 Å². The fourth-order valence-electron chi connectivity index (χ4n) is 1.74. The molecule has 3 N–H and O–H groups in total. The number of nitrogens with two attached hydrogens (primary N) is 1. The molecule has 0 fully saturated rings. The molecule has 2 rings (SSSR count). The van der Waals surface area contributed by atoms with Gasteiger partial charge in [0, 0.05) is 15.1 Å². The number of hydrogen-bond donors (Lipinski definition) is 2. The van der Waals surface area contributed by atoms with Crippen molar-refractivity contribution in [2.45, 2.75) is 23.8 Å². The van der Waals surface area contributed by atoms with E-state index >= 15 is 0 Å². The summed E-state index contributed by atoms with van der Waals surface area (Å²) in [7, 11) is 0. The molecule has 0 bridgehead atoms. The molecule has 1 aromatic rings. The summed E-state index contributed by atoms with van der Waals surface area (Å²) in [5.41, 5.74) is 2.83. The highest BCUT2D eigenvalue weighted by molar-refractivity contribution is 9.10. The summed E-state index contributed by atoms with van der Waals surface area (Å²) in [5, 5.41) is 0. The van der Waals surface area contributed by atoms with E-state index in [9.17, 15) is 0 Å². The number of thioether (sulfide) groups is 1. The van der Waals surface area contributed by atoms with Gasteiger partial charge in [0.25, 0.3) is 0 Å². The quantitative estimate of drug-likeness (QED) is 0.495. The lowest BCUT2D eigenvalue weighted by Crippen LogP contribution is -2.39. The molecule has 18 heavy (non-hydrogen) atoms. The van der Waals surface area contributed by atoms with Crippen molar-refractivity contribution in [2.75, 3.05) is 12.4 Å². The summed E-state index contributed by atoms with van der Waals surface area (Å²) >= 11 is 5.20. The second-order valence-corrected chi connectivity index (χ2v) is 6.09. The fourth-order valence-corrected chi connectivity index (χ4v) is 2.95. The van der Waals surface area contributed by atoms with Crippen molar-refractivity contribution >= 4 is 27.7 Å². The van der Waals surface area contributed by atoms with Crippen LogP contribution in [0.5, 0.6) is 0 Å². The second kappa shape index (κ2) is 7.19. The van der Waals surface area contributed by atoms with Gasteiger partial charge in [-0.1, -0.05) is 15.9 Å². The monoisotopic (exact) mass is 328 g/mol. The normalized spacial score (nSPS) is 16.9. The Labute approximate surface area is 120 Å². The van der Waals surface area contributed by atoms with Crippen molar-refractivity contribution < 1.29 is 4.74 Å². The van der Waals surface area contributed by atoms with Crippen molar-refractivity contribution in [3.8, 4) is 0 Å². The standard InChI is InChI=1S/C13H17BrN2OS/c14-10-4-6-11(7-5-10)18-9-12(16-15)13-3-1-2-8-17-13/h3-7,12,16H,1-2,8-9,15H2. The van der Waals surface area contributed by atoms with Crippen molar-refractivity contribution in [1.82, 2.24) is 5.43 Å². The molecule has 0 spiro atoms. The molecule has 98 valence electrons. The lowest BCUT2D eigenvalue weighted by molar-refractivity contribution is 0.172. The summed E-state index contributed by atoms with van der Waals surface area (Å²) in [5.74, 6) is 7.45. The van der Waals surface area contributed by atoms with E-state index in [-0.39, 0.29) is 6.04 Å². The molecule has 0 radical (unpaired) electrons. The van der Waals surface area contributed by atoms with Gasteiger partial charge in [0.15, 0.2) is 0 Å². The van der Waals surface area contributed by atoms with Gasteiger partial charge in [-0.25, -0.2) is 5.43 Å². The van der Waals surface area contributed by atoms with Crippen LogP contribution >= 0.6 is 27.7 Å². The van der Waals surface area contributed by atoms with Crippen LogP contribution in [0.4, 0.5) is 0 Å². The number of allylic oxidation sites excluding steroid dienone is 1. The average Bonchev–Trinajstić information content (AvgIpc) is 2.43. The van der Waals surface area contributed by atoms with Crippen LogP contribution in [0.15, 0.2) is 45.5 Å². The Morgan fingerprint density at radius 2 is 2.17 bits per heavy atom. The van der Waals surface area contributed by atoms with Crippen LogP contribution in [-0.2, 0) is 4.74 Å². The molecule has 5 heteroatoms. The largest absolute Gasteiger partial charge is 0.497 e. The maximum absolute atomic E-state index is 5.64. The molecule has 1 aliphatic heterocycles. The highest BCUT2D eigenvalue weighted by Crippen LogP contribution is 2.24. The Hall–Kier alpha value is -0.490. The van der Waals surface area contributed by atoms with Crippen molar-refractivity contribution in [2.24, 2.45) is 5.84 Å². The summed E-state index contributed by atoms with van der Waals surface area (Å²) in [6.45, 7) is 0.799. The molecule has 1 heterocycles. The Morgan fingerprint density at radius 3 is 2.78 bits per heavy atom. The zero-order valence-corrected chi connectivity index (χ0v) is 12.5. The predicted molar refractivity (Wildman–Crippen MR) is 79.2 cm³/mol. The summed E-state index contributed by atoms with van der Waals surface area (Å²) in [6, 6.07) is 8.36. The minimum Gasteiger partial charge on any atom is -0.497 e. The minimum absolute atomic E-state index is 0.0824. The number of ether oxygens (including phenoxy) is 1. The number of hydrazine groups is 1. The number of nitrogens with one attached hydrogen (secondary N) is 1. The Kier molecular flexibility index (Phi) is 5.56. The van der Waals surface area contributed by atoms with Crippen LogP contribution in [0.3, 0.4) is 0 Å². The number of rotatable bonds is 5. The number of hydrogen-bond acceptors (Lipinski definition) is 4. The van der Waals surface area contributed by atoms with Crippen LogP contribution in [0.1, 0.15) is 12.8 Å². The third-order valence-electron chi connectivity index (χ3n) is 2.74. The molecule has 0 aromatic heterocycles. The van der Waals surface area contributed by atoms with Gasteiger partial charge in [-0.15, -0.1) is 11.8 Å². The lowest BCUT2D eigenvalue weighted by Gasteiger charge is -2.22. The van der Waals surface area contributed by atoms with Gasteiger partial charge in [0.05, 0.1) is 12.6 Å². The van der Waals surface area contributed by atoms with E-state index < -0.39 is 0 Å². The van der Waals surface area contributed by atoms with Crippen LogP contribution < -0.4 is 11.3 Å². The molecule has 1 unspecified atom stereocenters. The van der Waals surface area contributed by atoms with E-state index in [1.807, 2.05) is 12.1 Å². The van der Waals surface area contributed by atoms with Gasteiger partial charge < -0.3 is 4.74 Å². The molecular weight excluding hydrogens is 312 g/mol. The third-order valence-corrected chi connectivity index (χ3v) is 4.37. The first-order chi connectivity index (χ1) is 8.79. The van der Waals surface area contributed by atoms with Crippen molar-refractivity contribution in [3.05, 3.63) is 40.6 Å². The topological polar surface area (TPSA) is 47.3 Å². The summed E-state index contributed by atoms with van der Waals surface area (Å²) < 4.78 is 6.73. The van der Waals surface area contributed by atoms with E-state index in [1.54, 1.807) is 11.8 Å². The van der Waals surface area contributed by atoms with Crippen LogP contribution in [0, 0.1) is 0 Å². The zero-order chi connectivity index (χ0) is 12.8. The maximum Gasteiger partial charge on any atom is 0.111 e. The molecule has 1 atom stereocenters. The highest BCUT2D eigenvalue weighted by atomic mass is 79.9. The van der Waals surface area contributed by atoms with Gasteiger partial charge in [-0.3, -0.25) is 5.84 Å². The Morgan fingerprint density at radius 1 is 1.39 bits per heavy atom. The van der Waals surface area contributed by atoms with Gasteiger partial charge in [-0.05, 0) is 43.2 Å². The third kappa shape index (κ3) is 4.02. The molecule has 1 aliphatic rings. The maximum atomic E-state index is 5.64. The predicted octanol–water partition coefficient (Wildman–Crippen LogP) is 3.07.